The maximum absolute atomic E-state index is 11.9. The van der Waals surface area contributed by atoms with Crippen molar-refractivity contribution in [2.24, 2.45) is 10.9 Å². The van der Waals surface area contributed by atoms with Gasteiger partial charge in [-0.1, -0.05) is 18.6 Å². The minimum atomic E-state index is -0.107. The molecule has 1 amide bonds. The molecule has 0 spiro atoms. The van der Waals surface area contributed by atoms with E-state index in [0.29, 0.717) is 11.6 Å². The quantitative estimate of drug-likeness (QED) is 0.844. The molecule has 1 saturated carbocycles. The molecule has 4 heteroatoms. The van der Waals surface area contributed by atoms with Crippen LogP contribution in [-0.2, 0) is 4.79 Å². The number of nitrogens with zero attached hydrogens (tertiary/aromatic N) is 1. The lowest BCUT2D eigenvalue weighted by molar-refractivity contribution is -0.115. The Hall–Kier alpha value is -2.10. The Balaban J connectivity index is 1.85. The molecular weight excluding hydrogens is 240 g/mol. The number of amides is 1. The molecule has 0 radical (unpaired) electrons. The second-order valence-corrected chi connectivity index (χ2v) is 4.89. The number of rotatable bonds is 3. The summed E-state index contributed by atoms with van der Waals surface area (Å²) in [6.45, 7) is 0. The highest BCUT2D eigenvalue weighted by molar-refractivity contribution is 6.15. The van der Waals surface area contributed by atoms with Crippen molar-refractivity contribution in [3.8, 4) is 5.75 Å². The highest BCUT2D eigenvalue weighted by Gasteiger charge is 2.30. The van der Waals surface area contributed by atoms with E-state index in [4.69, 9.17) is 4.74 Å². The highest BCUT2D eigenvalue weighted by Crippen LogP contribution is 2.29. The number of methoxy groups -OCH3 is 1. The Morgan fingerprint density at radius 2 is 2.26 bits per heavy atom. The van der Waals surface area contributed by atoms with Crippen LogP contribution in [0, 0.1) is 5.92 Å². The molecule has 0 atom stereocenters. The number of amidine groups is 1. The Kier molecular flexibility index (Phi) is 3.07. The lowest BCUT2D eigenvalue weighted by atomic mass is 9.84. The van der Waals surface area contributed by atoms with Gasteiger partial charge < -0.3 is 10.1 Å². The van der Waals surface area contributed by atoms with Crippen molar-refractivity contribution < 1.29 is 9.53 Å². The van der Waals surface area contributed by atoms with Crippen molar-refractivity contribution in [3.63, 3.8) is 0 Å². The first-order valence-corrected chi connectivity index (χ1v) is 6.52. The second-order valence-electron chi connectivity index (χ2n) is 4.89. The molecule has 1 aromatic carbocycles. The molecule has 1 heterocycles. The number of carbonyl (C=O) groups is 1. The Bertz CT molecular complexity index is 571. The zero-order valence-corrected chi connectivity index (χ0v) is 10.8. The summed E-state index contributed by atoms with van der Waals surface area (Å²) in [6.07, 6.45) is 5.29. The molecule has 1 N–H and O–H groups in total. The molecule has 3 rings (SSSR count). The van der Waals surface area contributed by atoms with Gasteiger partial charge in [-0.25, -0.2) is 4.99 Å². The third kappa shape index (κ3) is 2.38. The number of ether oxygens (including phenoxy) is 1. The Labute approximate surface area is 112 Å². The molecule has 98 valence electrons. The number of aliphatic imine (C=N–C) groups is 1. The Morgan fingerprint density at radius 1 is 1.42 bits per heavy atom. The third-order valence-electron chi connectivity index (χ3n) is 3.60. The van der Waals surface area contributed by atoms with Crippen molar-refractivity contribution >= 4 is 17.8 Å². The van der Waals surface area contributed by atoms with Crippen LogP contribution in [0.25, 0.3) is 6.08 Å². The lowest BCUT2D eigenvalue weighted by Crippen LogP contribution is -2.33. The fourth-order valence-electron chi connectivity index (χ4n) is 2.25. The van der Waals surface area contributed by atoms with Crippen molar-refractivity contribution in [2.45, 2.75) is 19.3 Å². The van der Waals surface area contributed by atoms with E-state index in [1.54, 1.807) is 13.2 Å². The van der Waals surface area contributed by atoms with Crippen molar-refractivity contribution in [1.29, 1.82) is 0 Å². The summed E-state index contributed by atoms with van der Waals surface area (Å²) in [5.41, 5.74) is 1.40. The summed E-state index contributed by atoms with van der Waals surface area (Å²) in [4.78, 5) is 16.3. The molecule has 19 heavy (non-hydrogen) atoms. The van der Waals surface area contributed by atoms with Gasteiger partial charge in [0.15, 0.2) is 0 Å². The fourth-order valence-corrected chi connectivity index (χ4v) is 2.25. The van der Waals surface area contributed by atoms with Crippen molar-refractivity contribution in [1.82, 2.24) is 5.32 Å². The van der Waals surface area contributed by atoms with Gasteiger partial charge in [0.2, 0.25) is 0 Å². The summed E-state index contributed by atoms with van der Waals surface area (Å²) in [5.74, 6) is 1.95. The van der Waals surface area contributed by atoms with Crippen LogP contribution in [0.3, 0.4) is 0 Å². The maximum Gasteiger partial charge on any atom is 0.275 e. The molecule has 2 aliphatic rings. The summed E-state index contributed by atoms with van der Waals surface area (Å²) in [5, 5.41) is 2.87. The highest BCUT2D eigenvalue weighted by atomic mass is 16.5. The first-order chi connectivity index (χ1) is 9.26. The molecule has 0 unspecified atom stereocenters. The topological polar surface area (TPSA) is 50.7 Å². The summed E-state index contributed by atoms with van der Waals surface area (Å²) < 4.78 is 5.17. The fraction of sp³-hybridized carbons (Fsp3) is 0.333. The number of carbonyl (C=O) groups excluding carboxylic acids is 1. The largest absolute Gasteiger partial charge is 0.497 e. The van der Waals surface area contributed by atoms with Gasteiger partial charge >= 0.3 is 0 Å². The van der Waals surface area contributed by atoms with Gasteiger partial charge in [0.05, 0.1) is 7.11 Å². The second kappa shape index (κ2) is 4.88. The smallest absolute Gasteiger partial charge is 0.275 e. The van der Waals surface area contributed by atoms with Gasteiger partial charge in [-0.2, -0.15) is 0 Å². The van der Waals surface area contributed by atoms with Crippen LogP contribution in [0.5, 0.6) is 5.75 Å². The van der Waals surface area contributed by atoms with E-state index >= 15 is 0 Å². The van der Waals surface area contributed by atoms with Gasteiger partial charge in [-0.3, -0.25) is 4.79 Å². The van der Waals surface area contributed by atoms with Gasteiger partial charge in [-0.05, 0) is 36.6 Å². The normalized spacial score (nSPS) is 21.0. The molecule has 0 aromatic heterocycles. The summed E-state index contributed by atoms with van der Waals surface area (Å²) >= 11 is 0. The van der Waals surface area contributed by atoms with E-state index in [1.165, 1.54) is 6.42 Å². The minimum Gasteiger partial charge on any atom is -0.497 e. The van der Waals surface area contributed by atoms with Gasteiger partial charge in [0.25, 0.3) is 5.91 Å². The van der Waals surface area contributed by atoms with Crippen LogP contribution in [-0.4, -0.2) is 18.9 Å². The van der Waals surface area contributed by atoms with Crippen LogP contribution in [0.1, 0.15) is 24.8 Å². The molecule has 4 nitrogen and oxygen atoms in total. The van der Waals surface area contributed by atoms with E-state index in [0.717, 1.165) is 30.0 Å². The first kappa shape index (κ1) is 12.0. The van der Waals surface area contributed by atoms with Gasteiger partial charge in [0, 0.05) is 5.92 Å². The van der Waals surface area contributed by atoms with E-state index in [9.17, 15) is 4.79 Å². The van der Waals surface area contributed by atoms with Crippen LogP contribution in [0.2, 0.25) is 0 Å². The van der Waals surface area contributed by atoms with E-state index in [-0.39, 0.29) is 5.91 Å². The maximum atomic E-state index is 11.9. The van der Waals surface area contributed by atoms with Gasteiger partial charge in [-0.15, -0.1) is 0 Å². The number of benzene rings is 1. The molecule has 0 bridgehead atoms. The van der Waals surface area contributed by atoms with Crippen molar-refractivity contribution in [2.75, 3.05) is 7.11 Å². The average molecular weight is 256 g/mol. The van der Waals surface area contributed by atoms with Gasteiger partial charge in [0.1, 0.15) is 17.3 Å². The monoisotopic (exact) mass is 256 g/mol. The molecule has 1 aliphatic heterocycles. The zero-order valence-electron chi connectivity index (χ0n) is 10.8. The predicted octanol–water partition coefficient (Wildman–Crippen LogP) is 2.36. The van der Waals surface area contributed by atoms with E-state index in [1.807, 2.05) is 24.3 Å². The van der Waals surface area contributed by atoms with E-state index < -0.39 is 0 Å². The van der Waals surface area contributed by atoms with E-state index in [2.05, 4.69) is 10.3 Å². The zero-order chi connectivity index (χ0) is 13.2. The standard InChI is InChI=1S/C15H16N2O2/c1-19-12-7-2-4-10(8-12)9-13-15(18)17-14(16-13)11-5-3-6-11/h2,4,7-9,11H,3,5-6H2,1H3,(H,16,17,18)/b13-9+. The lowest BCUT2D eigenvalue weighted by Gasteiger charge is -2.24. The number of hydrogen-bond donors (Lipinski definition) is 1. The first-order valence-electron chi connectivity index (χ1n) is 6.52. The molecule has 1 aromatic rings. The molecular formula is C15H16N2O2. The van der Waals surface area contributed by atoms with Crippen LogP contribution < -0.4 is 10.1 Å². The number of nitrogens with one attached hydrogen (secondary N) is 1. The van der Waals surface area contributed by atoms with Crippen LogP contribution in [0.15, 0.2) is 35.0 Å². The average Bonchev–Trinajstić information content (AvgIpc) is 2.68. The van der Waals surface area contributed by atoms with Crippen LogP contribution in [0.4, 0.5) is 0 Å². The summed E-state index contributed by atoms with van der Waals surface area (Å²) in [6, 6.07) is 7.59. The predicted molar refractivity (Wildman–Crippen MR) is 73.9 cm³/mol. The minimum absolute atomic E-state index is 0.107. The number of hydrogen-bond acceptors (Lipinski definition) is 3. The third-order valence-corrected chi connectivity index (χ3v) is 3.60. The SMILES string of the molecule is COc1cccc(/C=C2/N=C(C3CCC3)NC2=O)c1. The van der Waals surface area contributed by atoms with Crippen LogP contribution >= 0.6 is 0 Å². The molecule has 0 saturated heterocycles. The molecule has 1 aliphatic carbocycles. The Morgan fingerprint density at radius 3 is 2.95 bits per heavy atom. The van der Waals surface area contributed by atoms with Crippen molar-refractivity contribution in [3.05, 3.63) is 35.5 Å². The molecule has 1 fully saturated rings. The summed E-state index contributed by atoms with van der Waals surface area (Å²) in [7, 11) is 1.63.